The second-order valence-electron chi connectivity index (χ2n) is 4.44. The molecule has 1 nitrogen and oxygen atoms in total. The molecule has 0 radical (unpaired) electrons. The summed E-state index contributed by atoms with van der Waals surface area (Å²) in [5, 5.41) is 3.33. The molecule has 0 saturated carbocycles. The van der Waals surface area contributed by atoms with E-state index < -0.39 is 5.82 Å². The molecule has 4 heteroatoms. The number of rotatable bonds is 4. The third kappa shape index (κ3) is 3.75. The molecule has 0 aliphatic rings. The third-order valence-electron chi connectivity index (χ3n) is 2.86. The van der Waals surface area contributed by atoms with Crippen molar-refractivity contribution >= 4 is 11.6 Å². The lowest BCUT2D eigenvalue weighted by molar-refractivity contribution is 0.615. The van der Waals surface area contributed by atoms with E-state index in [9.17, 15) is 8.78 Å². The van der Waals surface area contributed by atoms with E-state index in [4.69, 9.17) is 11.6 Å². The molecular formula is C15H14ClF2N. The lowest BCUT2D eigenvalue weighted by atomic mass is 10.1. The highest BCUT2D eigenvalue weighted by Crippen LogP contribution is 2.16. The first-order chi connectivity index (χ1) is 9.06. The summed E-state index contributed by atoms with van der Waals surface area (Å²) in [6.07, 6.45) is 0. The monoisotopic (exact) mass is 281 g/mol. The van der Waals surface area contributed by atoms with Crippen LogP contribution in [0.1, 0.15) is 16.7 Å². The molecule has 0 aliphatic carbocycles. The number of hydrogen-bond acceptors (Lipinski definition) is 1. The maximum Gasteiger partial charge on any atom is 0.141 e. The average Bonchev–Trinajstić information content (AvgIpc) is 2.38. The quantitative estimate of drug-likeness (QED) is 0.885. The van der Waals surface area contributed by atoms with Gasteiger partial charge in [-0.05, 0) is 41.8 Å². The van der Waals surface area contributed by atoms with Crippen molar-refractivity contribution in [3.05, 3.63) is 69.7 Å². The molecule has 1 N–H and O–H groups in total. The van der Waals surface area contributed by atoms with Gasteiger partial charge in [0.25, 0.3) is 0 Å². The molecule has 0 saturated heterocycles. The van der Waals surface area contributed by atoms with Gasteiger partial charge >= 0.3 is 0 Å². The van der Waals surface area contributed by atoms with E-state index in [1.165, 1.54) is 12.1 Å². The second-order valence-corrected chi connectivity index (χ2v) is 4.84. The zero-order valence-corrected chi connectivity index (χ0v) is 11.3. The normalized spacial score (nSPS) is 10.7. The predicted octanol–water partition coefficient (Wildman–Crippen LogP) is 4.22. The molecular weight excluding hydrogens is 268 g/mol. The molecule has 0 aliphatic heterocycles. The summed E-state index contributed by atoms with van der Waals surface area (Å²) in [7, 11) is 0. The van der Waals surface area contributed by atoms with Gasteiger partial charge in [0.2, 0.25) is 0 Å². The van der Waals surface area contributed by atoms with Crippen LogP contribution in [0.5, 0.6) is 0 Å². The molecule has 19 heavy (non-hydrogen) atoms. The van der Waals surface area contributed by atoms with Gasteiger partial charge in [-0.2, -0.15) is 0 Å². The van der Waals surface area contributed by atoms with Crippen molar-refractivity contribution in [3.63, 3.8) is 0 Å². The predicted molar refractivity (Wildman–Crippen MR) is 73.1 cm³/mol. The van der Waals surface area contributed by atoms with Crippen molar-refractivity contribution in [1.82, 2.24) is 5.32 Å². The van der Waals surface area contributed by atoms with Gasteiger partial charge in [-0.15, -0.1) is 0 Å². The summed E-state index contributed by atoms with van der Waals surface area (Å²) in [6.45, 7) is 2.94. The number of aryl methyl sites for hydroxylation is 1. The molecule has 2 aromatic rings. The molecule has 2 aromatic carbocycles. The Balaban J connectivity index is 1.92. The van der Waals surface area contributed by atoms with Gasteiger partial charge in [-0.25, -0.2) is 8.78 Å². The summed E-state index contributed by atoms with van der Waals surface area (Å²) >= 11 is 5.70. The summed E-state index contributed by atoms with van der Waals surface area (Å²) in [4.78, 5) is 0. The Labute approximate surface area is 116 Å². The lowest BCUT2D eigenvalue weighted by Crippen LogP contribution is -2.13. The molecule has 0 unspecified atom stereocenters. The Kier molecular flexibility index (Phi) is 4.51. The molecule has 0 atom stereocenters. The van der Waals surface area contributed by atoms with Gasteiger partial charge in [-0.1, -0.05) is 29.8 Å². The van der Waals surface area contributed by atoms with Crippen LogP contribution in [0.15, 0.2) is 36.4 Å². The summed E-state index contributed by atoms with van der Waals surface area (Å²) in [5.41, 5.74) is 2.54. The van der Waals surface area contributed by atoms with Gasteiger partial charge in [-0.3, -0.25) is 0 Å². The second kappa shape index (κ2) is 6.13. The number of halogens is 3. The van der Waals surface area contributed by atoms with Crippen molar-refractivity contribution in [2.45, 2.75) is 20.0 Å². The van der Waals surface area contributed by atoms with Gasteiger partial charge in [0.15, 0.2) is 0 Å². The Hall–Kier alpha value is -1.45. The van der Waals surface area contributed by atoms with Crippen LogP contribution in [0, 0.1) is 18.6 Å². The van der Waals surface area contributed by atoms with Crippen LogP contribution in [-0.2, 0) is 13.1 Å². The average molecular weight is 282 g/mol. The van der Waals surface area contributed by atoms with Crippen LogP contribution in [0.4, 0.5) is 8.78 Å². The van der Waals surface area contributed by atoms with E-state index >= 15 is 0 Å². The smallest absolute Gasteiger partial charge is 0.141 e. The molecule has 0 aromatic heterocycles. The number of hydrogen-bond donors (Lipinski definition) is 1. The fraction of sp³-hybridized carbons (Fsp3) is 0.200. The molecule has 0 heterocycles. The fourth-order valence-corrected chi connectivity index (χ4v) is 2.02. The maximum absolute atomic E-state index is 13.1. The van der Waals surface area contributed by atoms with Crippen molar-refractivity contribution in [2.75, 3.05) is 0 Å². The molecule has 2 rings (SSSR count). The van der Waals surface area contributed by atoms with Crippen LogP contribution in [0.2, 0.25) is 5.02 Å². The lowest BCUT2D eigenvalue weighted by Gasteiger charge is -2.07. The zero-order valence-electron chi connectivity index (χ0n) is 10.5. The van der Waals surface area contributed by atoms with Crippen LogP contribution >= 0.6 is 11.6 Å². The van der Waals surface area contributed by atoms with E-state index in [2.05, 4.69) is 5.32 Å². The summed E-state index contributed by atoms with van der Waals surface area (Å²) in [5.74, 6) is -0.617. The third-order valence-corrected chi connectivity index (χ3v) is 3.15. The van der Waals surface area contributed by atoms with E-state index in [1.54, 1.807) is 31.2 Å². The van der Waals surface area contributed by atoms with E-state index in [1.807, 2.05) is 0 Å². The van der Waals surface area contributed by atoms with Crippen molar-refractivity contribution < 1.29 is 8.78 Å². The molecule has 100 valence electrons. The number of benzene rings is 2. The minimum Gasteiger partial charge on any atom is -0.309 e. The summed E-state index contributed by atoms with van der Waals surface area (Å²) < 4.78 is 26.1. The van der Waals surface area contributed by atoms with Gasteiger partial charge < -0.3 is 5.32 Å². The zero-order chi connectivity index (χ0) is 13.8. The Morgan fingerprint density at radius 2 is 1.53 bits per heavy atom. The highest BCUT2D eigenvalue weighted by molar-refractivity contribution is 6.30. The van der Waals surface area contributed by atoms with Gasteiger partial charge in [0.1, 0.15) is 11.6 Å². The molecule has 0 bridgehead atoms. The Bertz CT molecular complexity index is 533. The largest absolute Gasteiger partial charge is 0.309 e. The van der Waals surface area contributed by atoms with Crippen molar-refractivity contribution in [3.8, 4) is 0 Å². The van der Waals surface area contributed by atoms with Gasteiger partial charge in [0, 0.05) is 13.1 Å². The van der Waals surface area contributed by atoms with Crippen molar-refractivity contribution in [2.24, 2.45) is 0 Å². The van der Waals surface area contributed by atoms with Crippen LogP contribution < -0.4 is 5.32 Å². The highest BCUT2D eigenvalue weighted by Gasteiger charge is 2.02. The molecule has 0 amide bonds. The minimum absolute atomic E-state index is 0.122. The van der Waals surface area contributed by atoms with Crippen LogP contribution in [0.3, 0.4) is 0 Å². The van der Waals surface area contributed by atoms with Crippen LogP contribution in [0.25, 0.3) is 0 Å². The fourth-order valence-electron chi connectivity index (χ4n) is 1.82. The topological polar surface area (TPSA) is 12.0 Å². The van der Waals surface area contributed by atoms with E-state index in [-0.39, 0.29) is 10.8 Å². The maximum atomic E-state index is 13.1. The molecule has 0 fully saturated rings. The highest BCUT2D eigenvalue weighted by atomic mass is 35.5. The first-order valence-corrected chi connectivity index (χ1v) is 6.34. The number of nitrogens with one attached hydrogen (secondary N) is 1. The Morgan fingerprint density at radius 3 is 2.11 bits per heavy atom. The van der Waals surface area contributed by atoms with Gasteiger partial charge in [0.05, 0.1) is 5.02 Å². The summed E-state index contributed by atoms with van der Waals surface area (Å²) in [6, 6.07) is 9.64. The first kappa shape index (κ1) is 14.0. The SMILES string of the molecule is Cc1cc(CNCc2ccc(F)c(Cl)c2)ccc1F. The first-order valence-electron chi connectivity index (χ1n) is 5.96. The van der Waals surface area contributed by atoms with Crippen LogP contribution in [-0.4, -0.2) is 0 Å². The standard InChI is InChI=1S/C15H14ClF2N/c1-10-6-11(2-4-14(10)17)8-19-9-12-3-5-15(18)13(16)7-12/h2-7,19H,8-9H2,1H3. The Morgan fingerprint density at radius 1 is 0.947 bits per heavy atom. The van der Waals surface area contributed by atoms with E-state index in [0.29, 0.717) is 18.7 Å². The van der Waals surface area contributed by atoms with E-state index in [0.717, 1.165) is 11.1 Å². The van der Waals surface area contributed by atoms with Crippen molar-refractivity contribution in [1.29, 1.82) is 0 Å². The molecule has 0 spiro atoms. The minimum atomic E-state index is -0.417.